The van der Waals surface area contributed by atoms with E-state index in [9.17, 15) is 26.4 Å². The van der Waals surface area contributed by atoms with Crippen molar-refractivity contribution < 1.29 is 40.6 Å². The Morgan fingerprint density at radius 1 is 1.11 bits per heavy atom. The smallest absolute Gasteiger partial charge is 0.416 e. The number of hydrogen-bond acceptors (Lipinski definition) is 7. The maximum Gasteiger partial charge on any atom is 0.416 e. The van der Waals surface area contributed by atoms with Gasteiger partial charge in [0.1, 0.15) is 13.2 Å². The minimum Gasteiger partial charge on any atom is -0.474 e. The van der Waals surface area contributed by atoms with E-state index in [0.29, 0.717) is 37.8 Å². The lowest BCUT2D eigenvalue weighted by atomic mass is 9.84. The van der Waals surface area contributed by atoms with Gasteiger partial charge in [-0.15, -0.1) is 0 Å². The van der Waals surface area contributed by atoms with Gasteiger partial charge in [0.2, 0.25) is 15.9 Å². The van der Waals surface area contributed by atoms with Crippen molar-refractivity contribution in [1.29, 1.82) is 0 Å². The first-order valence-electron chi connectivity index (χ1n) is 11.7. The number of alkyl halides is 3. The summed E-state index contributed by atoms with van der Waals surface area (Å²) in [4.78, 5) is 18.7. The minimum absolute atomic E-state index is 0.115. The first-order chi connectivity index (χ1) is 16.4. The molecule has 3 aliphatic heterocycles. The Bertz CT molecular complexity index is 1030. The molecule has 5 rings (SSSR count). The Kier molecular flexibility index (Phi) is 7.49. The number of carbonyl (C=O) groups is 1. The largest absolute Gasteiger partial charge is 0.474 e. The van der Waals surface area contributed by atoms with E-state index in [0.717, 1.165) is 18.4 Å². The van der Waals surface area contributed by atoms with Gasteiger partial charge in [-0.05, 0) is 45.1 Å². The molecule has 4 aliphatic rings. The van der Waals surface area contributed by atoms with Crippen LogP contribution in [0.4, 0.5) is 18.0 Å². The Balaban J connectivity index is 1.58. The molecule has 13 heteroatoms. The number of halogens is 3. The summed E-state index contributed by atoms with van der Waals surface area (Å²) in [7, 11) is -3.51. The molecular weight excluding hydrogens is 491 g/mol. The third-order valence-corrected chi connectivity index (χ3v) is 7.50. The molecule has 1 aliphatic carbocycles. The second kappa shape index (κ2) is 10.1. The molecule has 4 bridgehead atoms. The SMILES string of the molecule is C[C@@H]1C[C@H](NS(C)(=O)=O)[C@@H]2COC3CCC(CC3)c3cc(C(F)(F)F)cc(n3)OCCOC(=O)N12. The number of pyridine rings is 1. The molecule has 0 aromatic carbocycles. The Hall–Kier alpha value is -2.12. The fourth-order valence-electron chi connectivity index (χ4n) is 5.15. The molecule has 9 nitrogen and oxygen atoms in total. The van der Waals surface area contributed by atoms with Crippen molar-refractivity contribution in [2.45, 2.75) is 75.4 Å². The molecule has 0 spiro atoms. The van der Waals surface area contributed by atoms with Gasteiger partial charge < -0.3 is 14.2 Å². The van der Waals surface area contributed by atoms with E-state index in [2.05, 4.69) is 9.71 Å². The van der Waals surface area contributed by atoms with Crippen molar-refractivity contribution >= 4 is 16.1 Å². The maximum absolute atomic E-state index is 13.5. The van der Waals surface area contributed by atoms with Crippen LogP contribution in [0, 0.1) is 0 Å². The number of nitrogens with zero attached hydrogens (tertiary/aromatic N) is 2. The number of aromatic nitrogens is 1. The molecule has 196 valence electrons. The normalized spacial score (nSPS) is 30.5. The molecule has 0 radical (unpaired) electrons. The van der Waals surface area contributed by atoms with Crippen LogP contribution in [-0.4, -0.2) is 74.7 Å². The summed E-state index contributed by atoms with van der Waals surface area (Å²) >= 11 is 0. The average Bonchev–Trinajstić information content (AvgIpc) is 3.07. The molecule has 1 N–H and O–H groups in total. The van der Waals surface area contributed by atoms with Gasteiger partial charge >= 0.3 is 12.3 Å². The number of amides is 1. The molecule has 1 aromatic heterocycles. The summed E-state index contributed by atoms with van der Waals surface area (Å²) in [5, 5.41) is 0. The molecule has 1 amide bonds. The molecule has 1 aromatic rings. The highest BCUT2D eigenvalue weighted by molar-refractivity contribution is 7.88. The minimum atomic E-state index is -4.54. The van der Waals surface area contributed by atoms with Gasteiger partial charge in [0.05, 0.1) is 30.6 Å². The van der Waals surface area contributed by atoms with Gasteiger partial charge in [0.15, 0.2) is 0 Å². The Morgan fingerprint density at radius 3 is 2.46 bits per heavy atom. The fraction of sp³-hybridized carbons (Fsp3) is 0.727. The summed E-state index contributed by atoms with van der Waals surface area (Å²) in [5.74, 6) is -0.325. The number of sulfonamides is 1. The number of hydrogen-bond donors (Lipinski definition) is 1. The van der Waals surface area contributed by atoms with Gasteiger partial charge in [0.25, 0.3) is 0 Å². The second-order valence-electron chi connectivity index (χ2n) is 9.44. The first-order valence-corrected chi connectivity index (χ1v) is 13.6. The van der Waals surface area contributed by atoms with Crippen molar-refractivity contribution in [3.63, 3.8) is 0 Å². The maximum atomic E-state index is 13.5. The molecule has 1 saturated heterocycles. The van der Waals surface area contributed by atoms with Crippen LogP contribution in [0.5, 0.6) is 5.88 Å². The lowest BCUT2D eigenvalue weighted by Gasteiger charge is -2.33. The highest BCUT2D eigenvalue weighted by Crippen LogP contribution is 2.38. The predicted molar refractivity (Wildman–Crippen MR) is 119 cm³/mol. The first kappa shape index (κ1) is 26.0. The van der Waals surface area contributed by atoms with Crippen molar-refractivity contribution in [2.24, 2.45) is 0 Å². The highest BCUT2D eigenvalue weighted by atomic mass is 32.2. The molecule has 1 saturated carbocycles. The van der Waals surface area contributed by atoms with Gasteiger partial charge in [-0.1, -0.05) is 0 Å². The zero-order valence-corrected chi connectivity index (χ0v) is 20.4. The lowest BCUT2D eigenvalue weighted by Crippen LogP contribution is -2.50. The summed E-state index contributed by atoms with van der Waals surface area (Å²) < 4.78 is 83.6. The summed E-state index contributed by atoms with van der Waals surface area (Å²) in [6.45, 7) is 1.52. The van der Waals surface area contributed by atoms with Crippen LogP contribution in [0.2, 0.25) is 0 Å². The zero-order valence-electron chi connectivity index (χ0n) is 19.6. The van der Waals surface area contributed by atoms with E-state index < -0.39 is 39.9 Å². The number of carbonyl (C=O) groups excluding carboxylic acids is 1. The number of ether oxygens (including phenoxy) is 3. The highest BCUT2D eigenvalue weighted by Gasteiger charge is 2.44. The molecule has 4 heterocycles. The third kappa shape index (κ3) is 6.36. The van der Waals surface area contributed by atoms with Crippen molar-refractivity contribution in [2.75, 3.05) is 26.1 Å². The topological polar surface area (TPSA) is 107 Å². The van der Waals surface area contributed by atoms with Gasteiger partial charge in [0, 0.05) is 29.8 Å². The monoisotopic (exact) mass is 521 g/mol. The van der Waals surface area contributed by atoms with E-state index in [1.807, 2.05) is 0 Å². The van der Waals surface area contributed by atoms with Crippen LogP contribution in [0.1, 0.15) is 56.2 Å². The van der Waals surface area contributed by atoms with Crippen LogP contribution in [0.3, 0.4) is 0 Å². The molecular formula is C22H30F3N3O6S. The van der Waals surface area contributed by atoms with E-state index >= 15 is 0 Å². The van der Waals surface area contributed by atoms with Crippen LogP contribution in [0.25, 0.3) is 0 Å². The standard InChI is InChI=1S/C22H30F3N3O6S/c1-13-9-18(27-35(2,30)31)19-12-34-16-5-3-14(4-6-16)17-10-15(22(23,24)25)11-20(26-17)32-7-8-33-21(29)28(13)19/h10-11,13-14,16,18-19,27H,3-9,12H2,1-2H3/t13-,14?,16?,18+,19+/m1/s1. The predicted octanol–water partition coefficient (Wildman–Crippen LogP) is 3.05. The molecule has 0 unspecified atom stereocenters. The Morgan fingerprint density at radius 2 is 1.80 bits per heavy atom. The summed E-state index contributed by atoms with van der Waals surface area (Å²) in [6.07, 6.45) is -1.50. The number of rotatable bonds is 2. The average molecular weight is 522 g/mol. The van der Waals surface area contributed by atoms with E-state index in [1.165, 1.54) is 4.90 Å². The molecule has 2 fully saturated rings. The van der Waals surface area contributed by atoms with E-state index in [1.54, 1.807) is 6.92 Å². The van der Waals surface area contributed by atoms with E-state index in [4.69, 9.17) is 14.2 Å². The zero-order chi connectivity index (χ0) is 25.4. The Labute approximate surface area is 202 Å². The van der Waals surface area contributed by atoms with Gasteiger partial charge in [-0.3, -0.25) is 4.90 Å². The van der Waals surface area contributed by atoms with Crippen LogP contribution in [0.15, 0.2) is 12.1 Å². The lowest BCUT2D eigenvalue weighted by molar-refractivity contribution is -0.137. The second-order valence-corrected chi connectivity index (χ2v) is 11.2. The molecule has 35 heavy (non-hydrogen) atoms. The fourth-order valence-corrected chi connectivity index (χ4v) is 5.96. The van der Waals surface area contributed by atoms with Gasteiger partial charge in [-0.25, -0.2) is 22.9 Å². The van der Waals surface area contributed by atoms with Gasteiger partial charge in [-0.2, -0.15) is 13.2 Å². The molecule has 3 atom stereocenters. The van der Waals surface area contributed by atoms with Crippen LogP contribution in [-0.2, 0) is 25.7 Å². The van der Waals surface area contributed by atoms with Crippen molar-refractivity contribution in [1.82, 2.24) is 14.6 Å². The summed E-state index contributed by atoms with van der Waals surface area (Å²) in [6, 6.07) is 0.537. The number of fused-ring (bicyclic) bond motifs is 7. The van der Waals surface area contributed by atoms with Crippen molar-refractivity contribution in [3.05, 3.63) is 23.4 Å². The number of nitrogens with one attached hydrogen (secondary N) is 1. The van der Waals surface area contributed by atoms with Crippen molar-refractivity contribution in [3.8, 4) is 5.88 Å². The third-order valence-electron chi connectivity index (χ3n) is 6.77. The van der Waals surface area contributed by atoms with Crippen LogP contribution < -0.4 is 9.46 Å². The van der Waals surface area contributed by atoms with Crippen LogP contribution >= 0.6 is 0 Å². The van der Waals surface area contributed by atoms with E-state index in [-0.39, 0.29) is 43.8 Å². The summed E-state index contributed by atoms with van der Waals surface area (Å²) in [5.41, 5.74) is -0.502. The quantitative estimate of drug-likeness (QED) is 0.638.